The topological polar surface area (TPSA) is 26.0 Å². The summed E-state index contributed by atoms with van der Waals surface area (Å²) in [6.07, 6.45) is 11.8. The van der Waals surface area contributed by atoms with E-state index >= 15 is 0 Å². The molecule has 0 aromatic rings. The summed E-state index contributed by atoms with van der Waals surface area (Å²) < 4.78 is 0. The maximum absolute atomic E-state index is 6.17. The summed E-state index contributed by atoms with van der Waals surface area (Å²) in [4.78, 5) is 0. The molecule has 0 aromatic carbocycles. The van der Waals surface area contributed by atoms with Crippen LogP contribution in [0.5, 0.6) is 0 Å². The monoisotopic (exact) mass is 313 g/mol. The van der Waals surface area contributed by atoms with Crippen LogP contribution in [0.3, 0.4) is 0 Å². The van der Waals surface area contributed by atoms with E-state index in [9.17, 15) is 0 Å². The van der Waals surface area contributed by atoms with Crippen LogP contribution in [0, 0.1) is 25.7 Å². The molecule has 2 unspecified atom stereocenters. The molecule has 1 rings (SSSR count). The van der Waals surface area contributed by atoms with Gasteiger partial charge in [-0.2, -0.15) is 25.7 Å². The van der Waals surface area contributed by atoms with Crippen LogP contribution in [0.1, 0.15) is 65.2 Å². The number of nitrogens with two attached hydrogens (primary N) is 1. The van der Waals surface area contributed by atoms with Crippen molar-refractivity contribution in [1.82, 2.24) is 0 Å². The third kappa shape index (κ3) is 6.69. The van der Waals surface area contributed by atoms with Crippen molar-refractivity contribution in [2.75, 3.05) is 0 Å². The standard InChI is InChI=1S/C13H24N.C2H6.Y/c1-3-5-6-7-10-13(4-2)11-8-9-12(13)14;1-2;/h7,12H,1-6,8-11,14H2;1-2H3;/q-3;;+3. The first-order chi connectivity index (χ1) is 7.75. The maximum atomic E-state index is 6.17. The molecule has 0 aromatic heterocycles. The first kappa shape index (κ1) is 20.4. The van der Waals surface area contributed by atoms with Gasteiger partial charge in [-0.3, -0.25) is 0 Å². The maximum Gasteiger partial charge on any atom is 3.00 e. The van der Waals surface area contributed by atoms with Gasteiger partial charge in [0.2, 0.25) is 0 Å². The van der Waals surface area contributed by atoms with E-state index in [1.807, 2.05) is 13.8 Å². The van der Waals surface area contributed by atoms with Crippen molar-refractivity contribution in [3.05, 3.63) is 20.3 Å². The molecule has 0 spiro atoms. The molecule has 1 aliphatic carbocycles. The zero-order valence-electron chi connectivity index (χ0n) is 11.9. The Morgan fingerprint density at radius 2 is 2.00 bits per heavy atom. The molecule has 1 saturated carbocycles. The number of unbranched alkanes of at least 4 members (excludes halogenated alkanes) is 3. The Morgan fingerprint density at radius 1 is 1.35 bits per heavy atom. The molecular formula is C15H30NY. The van der Waals surface area contributed by atoms with Crippen molar-refractivity contribution in [2.24, 2.45) is 11.1 Å². The van der Waals surface area contributed by atoms with Gasteiger partial charge in [-0.15, -0.1) is 6.42 Å². The zero-order valence-corrected chi connectivity index (χ0v) is 14.7. The molecule has 0 amide bonds. The Balaban J connectivity index is 0. The average Bonchev–Trinajstić information content (AvgIpc) is 2.70. The van der Waals surface area contributed by atoms with E-state index < -0.39 is 0 Å². The van der Waals surface area contributed by atoms with Crippen molar-refractivity contribution in [3.63, 3.8) is 0 Å². The van der Waals surface area contributed by atoms with Crippen LogP contribution in [0.25, 0.3) is 0 Å². The molecule has 17 heavy (non-hydrogen) atoms. The molecule has 2 atom stereocenters. The summed E-state index contributed by atoms with van der Waals surface area (Å²) in [5.41, 5.74) is 6.50. The van der Waals surface area contributed by atoms with Gasteiger partial charge in [0.05, 0.1) is 0 Å². The van der Waals surface area contributed by atoms with E-state index in [0.29, 0.717) is 11.5 Å². The summed E-state index contributed by atoms with van der Waals surface area (Å²) in [6.45, 7) is 11.9. The fourth-order valence-corrected chi connectivity index (χ4v) is 2.51. The van der Waals surface area contributed by atoms with Gasteiger partial charge in [-0.25, -0.2) is 0 Å². The van der Waals surface area contributed by atoms with Gasteiger partial charge in [-0.1, -0.05) is 32.1 Å². The first-order valence-electron chi connectivity index (χ1n) is 6.91. The van der Waals surface area contributed by atoms with Crippen LogP contribution in [0.4, 0.5) is 0 Å². The minimum Gasteiger partial charge on any atom is -0.343 e. The van der Waals surface area contributed by atoms with Crippen molar-refractivity contribution in [3.8, 4) is 0 Å². The van der Waals surface area contributed by atoms with Gasteiger partial charge in [0, 0.05) is 6.04 Å². The van der Waals surface area contributed by atoms with E-state index in [4.69, 9.17) is 5.73 Å². The average molecular weight is 313 g/mol. The van der Waals surface area contributed by atoms with Crippen LogP contribution in [-0.2, 0) is 32.7 Å². The van der Waals surface area contributed by atoms with Crippen LogP contribution in [0.15, 0.2) is 0 Å². The fourth-order valence-electron chi connectivity index (χ4n) is 2.51. The second kappa shape index (κ2) is 12.1. The van der Waals surface area contributed by atoms with Crippen molar-refractivity contribution < 1.29 is 32.7 Å². The third-order valence-electron chi connectivity index (χ3n) is 3.68. The minimum absolute atomic E-state index is 0. The summed E-state index contributed by atoms with van der Waals surface area (Å²) >= 11 is 0. The molecule has 2 N–H and O–H groups in total. The van der Waals surface area contributed by atoms with Crippen molar-refractivity contribution in [1.29, 1.82) is 0 Å². The normalized spacial score (nSPS) is 27.0. The van der Waals surface area contributed by atoms with Crippen LogP contribution in [-0.4, -0.2) is 6.04 Å². The smallest absolute Gasteiger partial charge is 0.343 e. The Hall–Kier alpha value is 1.06. The Bertz CT molecular complexity index is 161. The first-order valence-corrected chi connectivity index (χ1v) is 6.91. The molecule has 0 bridgehead atoms. The zero-order chi connectivity index (χ0) is 12.4. The largest absolute Gasteiger partial charge is 3.00 e. The molecule has 0 saturated heterocycles. The number of rotatable bonds is 6. The predicted octanol–water partition coefficient (Wildman–Crippen LogP) is 4.33. The molecule has 1 fully saturated rings. The van der Waals surface area contributed by atoms with E-state index in [1.54, 1.807) is 0 Å². The van der Waals surface area contributed by atoms with E-state index in [1.165, 1.54) is 32.1 Å². The molecule has 2 heteroatoms. The van der Waals surface area contributed by atoms with Gasteiger partial charge in [0.25, 0.3) is 0 Å². The van der Waals surface area contributed by atoms with Gasteiger partial charge in [-0.05, 0) is 6.42 Å². The van der Waals surface area contributed by atoms with Gasteiger partial charge in [0.1, 0.15) is 0 Å². The van der Waals surface area contributed by atoms with Gasteiger partial charge >= 0.3 is 32.7 Å². The summed E-state index contributed by atoms with van der Waals surface area (Å²) in [5, 5.41) is 0. The molecule has 0 aliphatic heterocycles. The molecule has 1 aliphatic rings. The quantitative estimate of drug-likeness (QED) is 0.573. The summed E-state index contributed by atoms with van der Waals surface area (Å²) in [5.74, 6) is 0. The minimum atomic E-state index is 0. The van der Waals surface area contributed by atoms with Crippen LogP contribution < -0.4 is 5.73 Å². The second-order valence-electron chi connectivity index (χ2n) is 4.60. The summed E-state index contributed by atoms with van der Waals surface area (Å²) in [6, 6.07) is 0.385. The summed E-state index contributed by atoms with van der Waals surface area (Å²) in [7, 11) is 0. The fraction of sp³-hybridized carbons (Fsp3) is 0.800. The SMILES string of the molecule is CC.[CH2-]CCC[CH-]CC1(C[CH2-])CCCC1N.[Y+3]. The van der Waals surface area contributed by atoms with E-state index in [2.05, 4.69) is 20.3 Å². The molecule has 98 valence electrons. The second-order valence-corrected chi connectivity index (χ2v) is 4.60. The van der Waals surface area contributed by atoms with Crippen molar-refractivity contribution >= 4 is 0 Å². The van der Waals surface area contributed by atoms with Crippen LogP contribution in [0.2, 0.25) is 0 Å². The molecule has 1 nitrogen and oxygen atoms in total. The Morgan fingerprint density at radius 3 is 2.41 bits per heavy atom. The van der Waals surface area contributed by atoms with Gasteiger partial charge < -0.3 is 26.0 Å². The van der Waals surface area contributed by atoms with Crippen molar-refractivity contribution in [2.45, 2.75) is 71.3 Å². The van der Waals surface area contributed by atoms with Crippen LogP contribution >= 0.6 is 0 Å². The van der Waals surface area contributed by atoms with Gasteiger partial charge in [0.15, 0.2) is 0 Å². The molecule has 0 heterocycles. The number of hydrogen-bond donors (Lipinski definition) is 1. The molecular weight excluding hydrogens is 283 g/mol. The predicted molar refractivity (Wildman–Crippen MR) is 73.7 cm³/mol. The van der Waals surface area contributed by atoms with E-state index in [-0.39, 0.29) is 32.7 Å². The Kier molecular flexibility index (Phi) is 14.5. The Labute approximate surface area is 135 Å². The third-order valence-corrected chi connectivity index (χ3v) is 3.68. The number of hydrogen-bond acceptors (Lipinski definition) is 1. The van der Waals surface area contributed by atoms with E-state index in [0.717, 1.165) is 19.3 Å². The molecule has 0 radical (unpaired) electrons.